The zero-order chi connectivity index (χ0) is 16.4. The molecule has 3 rings (SSSR count). The lowest BCUT2D eigenvalue weighted by molar-refractivity contribution is -0.138. The largest absolute Gasteiger partial charge is 0.351 e. The number of hydrogen-bond acceptors (Lipinski definition) is 4. The predicted octanol–water partition coefficient (Wildman–Crippen LogP) is 0.312. The molecule has 1 atom stereocenters. The van der Waals surface area contributed by atoms with Crippen molar-refractivity contribution in [3.63, 3.8) is 0 Å². The maximum atomic E-state index is 12.7. The lowest BCUT2D eigenvalue weighted by Gasteiger charge is -2.37. The average Bonchev–Trinajstić information content (AvgIpc) is 3.00. The molecule has 0 spiro atoms. The van der Waals surface area contributed by atoms with E-state index < -0.39 is 6.03 Å². The highest BCUT2D eigenvalue weighted by Gasteiger charge is 2.33. The van der Waals surface area contributed by atoms with Crippen molar-refractivity contribution < 1.29 is 9.59 Å². The molecule has 2 fully saturated rings. The van der Waals surface area contributed by atoms with E-state index >= 15 is 0 Å². The number of nitrogens with two attached hydrogens (primary N) is 1. The molecule has 2 N–H and O–H groups in total. The third-order valence-electron chi connectivity index (χ3n) is 5.00. The maximum Gasteiger partial charge on any atom is 0.314 e. The predicted molar refractivity (Wildman–Crippen MR) is 83.4 cm³/mol. The Morgan fingerprint density at radius 2 is 1.91 bits per heavy atom. The molecule has 0 bridgehead atoms. The zero-order valence-electron chi connectivity index (χ0n) is 13.5. The number of primary amides is 1. The van der Waals surface area contributed by atoms with Gasteiger partial charge in [-0.2, -0.15) is 0 Å². The van der Waals surface area contributed by atoms with E-state index in [1.54, 1.807) is 11.2 Å². The summed E-state index contributed by atoms with van der Waals surface area (Å²) in [5.74, 6) is 1.41. The Bertz CT molecular complexity index is 578. The normalized spacial score (nSPS) is 23.1. The molecule has 3 heterocycles. The highest BCUT2D eigenvalue weighted by atomic mass is 16.2. The summed E-state index contributed by atoms with van der Waals surface area (Å²) in [6, 6.07) is -0.427. The van der Waals surface area contributed by atoms with Crippen molar-refractivity contribution in [3.8, 4) is 0 Å². The van der Waals surface area contributed by atoms with Crippen molar-refractivity contribution in [2.45, 2.75) is 31.6 Å². The second-order valence-corrected chi connectivity index (χ2v) is 6.52. The van der Waals surface area contributed by atoms with E-state index in [4.69, 9.17) is 5.73 Å². The molecule has 1 aromatic heterocycles. The van der Waals surface area contributed by atoms with Crippen LogP contribution in [0, 0.1) is 5.92 Å². The SMILES string of the molecule is Cn1cnnc1C1CCN(C(=O)C2CCCN(C(N)=O)C2)CC1. The van der Waals surface area contributed by atoms with E-state index in [1.165, 1.54) is 0 Å². The van der Waals surface area contributed by atoms with Crippen molar-refractivity contribution >= 4 is 11.9 Å². The van der Waals surface area contributed by atoms with Crippen LogP contribution in [0.3, 0.4) is 0 Å². The third kappa shape index (κ3) is 3.30. The number of likely N-dealkylation sites (tertiary alicyclic amines) is 2. The summed E-state index contributed by atoms with van der Waals surface area (Å²) in [4.78, 5) is 27.5. The number of amides is 3. The van der Waals surface area contributed by atoms with Crippen LogP contribution in [0.15, 0.2) is 6.33 Å². The second-order valence-electron chi connectivity index (χ2n) is 6.52. The van der Waals surface area contributed by atoms with Gasteiger partial charge in [0.05, 0.1) is 5.92 Å². The van der Waals surface area contributed by atoms with Crippen LogP contribution in [0.2, 0.25) is 0 Å². The fourth-order valence-corrected chi connectivity index (χ4v) is 3.66. The van der Waals surface area contributed by atoms with E-state index in [9.17, 15) is 9.59 Å². The van der Waals surface area contributed by atoms with Gasteiger partial charge in [0.1, 0.15) is 12.2 Å². The molecule has 0 saturated carbocycles. The molecule has 0 aromatic carbocycles. The van der Waals surface area contributed by atoms with Crippen molar-refractivity contribution in [1.29, 1.82) is 0 Å². The first-order valence-electron chi connectivity index (χ1n) is 8.23. The van der Waals surface area contributed by atoms with Crippen LogP contribution in [-0.2, 0) is 11.8 Å². The first-order chi connectivity index (χ1) is 11.1. The first kappa shape index (κ1) is 15.8. The quantitative estimate of drug-likeness (QED) is 0.848. The van der Waals surface area contributed by atoms with Gasteiger partial charge in [0.2, 0.25) is 5.91 Å². The van der Waals surface area contributed by atoms with Crippen molar-refractivity contribution in [2.75, 3.05) is 26.2 Å². The zero-order valence-corrected chi connectivity index (χ0v) is 13.5. The van der Waals surface area contributed by atoms with Gasteiger partial charge < -0.3 is 20.1 Å². The Hall–Kier alpha value is -2.12. The monoisotopic (exact) mass is 320 g/mol. The molecular weight excluding hydrogens is 296 g/mol. The van der Waals surface area contributed by atoms with Crippen molar-refractivity contribution in [2.24, 2.45) is 18.7 Å². The minimum Gasteiger partial charge on any atom is -0.351 e. The molecule has 8 heteroatoms. The topological polar surface area (TPSA) is 97.3 Å². The Balaban J connectivity index is 1.56. The Labute approximate surface area is 135 Å². The number of carbonyl (C=O) groups is 2. The van der Waals surface area contributed by atoms with Gasteiger partial charge in [-0.25, -0.2) is 4.79 Å². The average molecular weight is 320 g/mol. The molecule has 23 heavy (non-hydrogen) atoms. The lowest BCUT2D eigenvalue weighted by Crippen LogP contribution is -2.49. The number of rotatable bonds is 2. The van der Waals surface area contributed by atoms with E-state index in [1.807, 2.05) is 16.5 Å². The van der Waals surface area contributed by atoms with Crippen LogP contribution in [0.25, 0.3) is 0 Å². The third-order valence-corrected chi connectivity index (χ3v) is 5.00. The molecule has 2 aliphatic heterocycles. The molecule has 2 aliphatic rings. The highest BCUT2D eigenvalue weighted by Crippen LogP contribution is 2.28. The van der Waals surface area contributed by atoms with Crippen molar-refractivity contribution in [1.82, 2.24) is 24.6 Å². The van der Waals surface area contributed by atoms with Gasteiger partial charge in [-0.15, -0.1) is 10.2 Å². The van der Waals surface area contributed by atoms with Crippen LogP contribution in [0.1, 0.15) is 37.4 Å². The van der Waals surface area contributed by atoms with Crippen LogP contribution in [-0.4, -0.2) is 62.7 Å². The summed E-state index contributed by atoms with van der Waals surface area (Å²) in [7, 11) is 1.95. The highest BCUT2D eigenvalue weighted by molar-refractivity contribution is 5.80. The summed E-state index contributed by atoms with van der Waals surface area (Å²) in [5.41, 5.74) is 5.34. The number of hydrogen-bond donors (Lipinski definition) is 1. The number of urea groups is 1. The number of carbonyl (C=O) groups excluding carboxylic acids is 2. The standard InChI is InChI=1S/C15H24N6O2/c1-19-10-17-18-13(19)11-4-7-20(8-5-11)14(22)12-3-2-6-21(9-12)15(16)23/h10-12H,2-9H2,1H3,(H2,16,23). The van der Waals surface area contributed by atoms with Crippen LogP contribution >= 0.6 is 0 Å². The molecule has 1 unspecified atom stereocenters. The lowest BCUT2D eigenvalue weighted by atomic mass is 9.92. The molecule has 8 nitrogen and oxygen atoms in total. The van der Waals surface area contributed by atoms with E-state index in [-0.39, 0.29) is 11.8 Å². The van der Waals surface area contributed by atoms with Gasteiger partial charge in [-0.3, -0.25) is 4.79 Å². The van der Waals surface area contributed by atoms with Gasteiger partial charge in [-0.05, 0) is 25.7 Å². The molecule has 0 radical (unpaired) electrons. The summed E-state index contributed by atoms with van der Waals surface area (Å²) in [6.07, 6.45) is 5.21. The Morgan fingerprint density at radius 1 is 1.17 bits per heavy atom. The molecule has 2 saturated heterocycles. The number of piperidine rings is 2. The number of aryl methyl sites for hydroxylation is 1. The number of aromatic nitrogens is 3. The fraction of sp³-hybridized carbons (Fsp3) is 0.733. The van der Waals surface area contributed by atoms with Crippen LogP contribution < -0.4 is 5.73 Å². The molecule has 126 valence electrons. The molecule has 3 amide bonds. The van der Waals surface area contributed by atoms with Crippen LogP contribution in [0.5, 0.6) is 0 Å². The van der Waals surface area contributed by atoms with Gasteiger partial charge in [0.25, 0.3) is 0 Å². The minimum atomic E-state index is -0.427. The Morgan fingerprint density at radius 3 is 2.52 bits per heavy atom. The van der Waals surface area contributed by atoms with Crippen LogP contribution in [0.4, 0.5) is 4.79 Å². The summed E-state index contributed by atoms with van der Waals surface area (Å²) < 4.78 is 1.95. The number of nitrogens with zero attached hydrogens (tertiary/aromatic N) is 5. The summed E-state index contributed by atoms with van der Waals surface area (Å²) in [5, 5.41) is 8.11. The van der Waals surface area contributed by atoms with Crippen molar-refractivity contribution in [3.05, 3.63) is 12.2 Å². The van der Waals surface area contributed by atoms with Gasteiger partial charge in [0.15, 0.2) is 0 Å². The molecule has 1 aromatic rings. The maximum absolute atomic E-state index is 12.7. The van der Waals surface area contributed by atoms with E-state index in [2.05, 4.69) is 10.2 Å². The summed E-state index contributed by atoms with van der Waals surface area (Å²) in [6.45, 7) is 2.59. The smallest absolute Gasteiger partial charge is 0.314 e. The van der Waals surface area contributed by atoms with E-state index in [0.29, 0.717) is 19.0 Å². The van der Waals surface area contributed by atoms with E-state index in [0.717, 1.165) is 44.6 Å². The first-order valence-corrected chi connectivity index (χ1v) is 8.23. The Kier molecular flexibility index (Phi) is 4.49. The summed E-state index contributed by atoms with van der Waals surface area (Å²) >= 11 is 0. The van der Waals surface area contributed by atoms with Gasteiger partial charge >= 0.3 is 6.03 Å². The van der Waals surface area contributed by atoms with Gasteiger partial charge in [0, 0.05) is 39.1 Å². The molecular formula is C15H24N6O2. The van der Waals surface area contributed by atoms with Gasteiger partial charge in [-0.1, -0.05) is 0 Å². The fourth-order valence-electron chi connectivity index (χ4n) is 3.66. The second kappa shape index (κ2) is 6.55. The minimum absolute atomic E-state index is 0.109. The molecule has 0 aliphatic carbocycles.